The van der Waals surface area contributed by atoms with Gasteiger partial charge in [-0.15, -0.1) is 11.3 Å². The lowest BCUT2D eigenvalue weighted by molar-refractivity contribution is 0.103. The summed E-state index contributed by atoms with van der Waals surface area (Å²) >= 11 is 0.798. The number of rotatable bonds is 3. The Balaban J connectivity index is 2.26. The van der Waals surface area contributed by atoms with Crippen molar-refractivity contribution >= 4 is 33.0 Å². The third-order valence-corrected chi connectivity index (χ3v) is 5.14. The molecular weight excluding hydrogens is 303 g/mol. The Morgan fingerprint density at radius 1 is 1.30 bits per heavy atom. The predicted octanol–water partition coefficient (Wildman–Crippen LogP) is 2.10. The lowest BCUT2D eigenvalue weighted by atomic mass is 10.2. The standard InChI is InChI=1S/C12H11FN2O3S2/c1-7-6-10(20(14,17)18)19-11(7)12(16)15-9-4-2-8(13)3-5-9/h2-6H,1H3,(H,15,16)(H2,14,17,18). The van der Waals surface area contributed by atoms with Crippen molar-refractivity contribution in [3.8, 4) is 0 Å². The highest BCUT2D eigenvalue weighted by atomic mass is 32.2. The van der Waals surface area contributed by atoms with E-state index in [1.165, 1.54) is 30.3 Å². The smallest absolute Gasteiger partial charge is 0.266 e. The molecule has 0 aliphatic heterocycles. The van der Waals surface area contributed by atoms with Crippen LogP contribution in [0.4, 0.5) is 10.1 Å². The Hall–Kier alpha value is -1.77. The molecule has 106 valence electrons. The van der Waals surface area contributed by atoms with Gasteiger partial charge in [0.1, 0.15) is 10.0 Å². The molecule has 5 nitrogen and oxygen atoms in total. The van der Waals surface area contributed by atoms with Gasteiger partial charge in [-0.05, 0) is 42.8 Å². The van der Waals surface area contributed by atoms with Gasteiger partial charge >= 0.3 is 0 Å². The molecule has 0 radical (unpaired) electrons. The van der Waals surface area contributed by atoms with E-state index in [4.69, 9.17) is 5.14 Å². The lowest BCUT2D eigenvalue weighted by Gasteiger charge is -2.04. The van der Waals surface area contributed by atoms with Crippen molar-refractivity contribution in [3.63, 3.8) is 0 Å². The van der Waals surface area contributed by atoms with E-state index in [1.807, 2.05) is 0 Å². The van der Waals surface area contributed by atoms with Gasteiger partial charge < -0.3 is 5.32 Å². The number of nitrogens with two attached hydrogens (primary N) is 1. The summed E-state index contributed by atoms with van der Waals surface area (Å²) in [6.07, 6.45) is 0. The fourth-order valence-corrected chi connectivity index (χ4v) is 3.40. The number of sulfonamides is 1. The summed E-state index contributed by atoms with van der Waals surface area (Å²) in [5, 5.41) is 7.58. The number of nitrogens with one attached hydrogen (secondary N) is 1. The van der Waals surface area contributed by atoms with Crippen molar-refractivity contribution < 1.29 is 17.6 Å². The van der Waals surface area contributed by atoms with E-state index in [1.54, 1.807) is 6.92 Å². The highest BCUT2D eigenvalue weighted by Crippen LogP contribution is 2.26. The van der Waals surface area contributed by atoms with Crippen LogP contribution in [0.3, 0.4) is 0 Å². The number of carbonyl (C=O) groups is 1. The van der Waals surface area contributed by atoms with Crippen LogP contribution in [0.2, 0.25) is 0 Å². The number of halogens is 1. The molecule has 0 spiro atoms. The second-order valence-corrected chi connectivity index (χ2v) is 6.92. The molecule has 0 aliphatic carbocycles. The van der Waals surface area contributed by atoms with Crippen molar-refractivity contribution in [1.29, 1.82) is 0 Å². The maximum Gasteiger partial charge on any atom is 0.266 e. The molecule has 1 aromatic heterocycles. The van der Waals surface area contributed by atoms with Crippen LogP contribution in [0.15, 0.2) is 34.5 Å². The minimum absolute atomic E-state index is 0.0701. The molecular formula is C12H11FN2O3S2. The maximum atomic E-state index is 12.8. The van der Waals surface area contributed by atoms with E-state index in [2.05, 4.69) is 5.32 Å². The third kappa shape index (κ3) is 3.21. The number of aryl methyl sites for hydroxylation is 1. The highest BCUT2D eigenvalue weighted by molar-refractivity contribution is 7.91. The zero-order chi connectivity index (χ0) is 14.9. The monoisotopic (exact) mass is 314 g/mol. The average molecular weight is 314 g/mol. The van der Waals surface area contributed by atoms with Crippen LogP contribution in [-0.2, 0) is 10.0 Å². The van der Waals surface area contributed by atoms with Crippen molar-refractivity contribution in [3.05, 3.63) is 46.6 Å². The van der Waals surface area contributed by atoms with Crippen LogP contribution in [0.5, 0.6) is 0 Å². The fraction of sp³-hybridized carbons (Fsp3) is 0.0833. The minimum atomic E-state index is -3.83. The molecule has 3 N–H and O–H groups in total. The number of benzene rings is 1. The van der Waals surface area contributed by atoms with Crippen molar-refractivity contribution in [2.24, 2.45) is 5.14 Å². The van der Waals surface area contributed by atoms with E-state index in [9.17, 15) is 17.6 Å². The van der Waals surface area contributed by atoms with Crippen LogP contribution in [0, 0.1) is 12.7 Å². The zero-order valence-electron chi connectivity index (χ0n) is 10.4. The van der Waals surface area contributed by atoms with Crippen molar-refractivity contribution in [2.45, 2.75) is 11.1 Å². The first-order valence-corrected chi connectivity index (χ1v) is 7.84. The van der Waals surface area contributed by atoms with Gasteiger partial charge in [-0.3, -0.25) is 4.79 Å². The van der Waals surface area contributed by atoms with Gasteiger partial charge in [0.2, 0.25) is 10.0 Å². The summed E-state index contributed by atoms with van der Waals surface area (Å²) in [5.41, 5.74) is 0.931. The number of amides is 1. The number of thiophene rings is 1. The third-order valence-electron chi connectivity index (χ3n) is 2.48. The van der Waals surface area contributed by atoms with Gasteiger partial charge in [-0.1, -0.05) is 0 Å². The minimum Gasteiger partial charge on any atom is -0.321 e. The van der Waals surface area contributed by atoms with Gasteiger partial charge in [-0.2, -0.15) is 0 Å². The Morgan fingerprint density at radius 3 is 2.40 bits per heavy atom. The van der Waals surface area contributed by atoms with E-state index in [0.717, 1.165) is 11.3 Å². The van der Waals surface area contributed by atoms with Crippen molar-refractivity contribution in [1.82, 2.24) is 0 Å². The summed E-state index contributed by atoms with van der Waals surface area (Å²) in [5.74, 6) is -0.874. The van der Waals surface area contributed by atoms with Gasteiger partial charge in [-0.25, -0.2) is 17.9 Å². The Labute approximate surface area is 119 Å². The molecule has 8 heteroatoms. The molecule has 0 bridgehead atoms. The number of carbonyl (C=O) groups excluding carboxylic acids is 1. The Kier molecular flexibility index (Phi) is 3.89. The fourth-order valence-electron chi connectivity index (χ4n) is 1.54. The summed E-state index contributed by atoms with van der Waals surface area (Å²) < 4.78 is 35.1. The number of hydrogen-bond acceptors (Lipinski definition) is 4. The van der Waals surface area contributed by atoms with Gasteiger partial charge in [0.05, 0.1) is 4.88 Å². The van der Waals surface area contributed by atoms with Crippen LogP contribution < -0.4 is 10.5 Å². The molecule has 0 saturated carbocycles. The molecule has 1 aromatic carbocycles. The lowest BCUT2D eigenvalue weighted by Crippen LogP contribution is -2.11. The first-order valence-electron chi connectivity index (χ1n) is 5.47. The molecule has 0 saturated heterocycles. The normalized spacial score (nSPS) is 11.3. The predicted molar refractivity (Wildman–Crippen MR) is 74.8 cm³/mol. The Morgan fingerprint density at radius 2 is 1.90 bits per heavy atom. The number of primary sulfonamides is 1. The first kappa shape index (κ1) is 14.6. The molecule has 0 aliphatic rings. The molecule has 20 heavy (non-hydrogen) atoms. The molecule has 0 unspecified atom stereocenters. The molecule has 1 amide bonds. The van der Waals surface area contributed by atoms with E-state index >= 15 is 0 Å². The quantitative estimate of drug-likeness (QED) is 0.909. The van der Waals surface area contributed by atoms with Gasteiger partial charge in [0.25, 0.3) is 5.91 Å². The van der Waals surface area contributed by atoms with Gasteiger partial charge in [0, 0.05) is 5.69 Å². The summed E-state index contributed by atoms with van der Waals surface area (Å²) in [4.78, 5) is 12.3. The second kappa shape index (κ2) is 5.31. The van der Waals surface area contributed by atoms with Crippen LogP contribution in [0.1, 0.15) is 15.2 Å². The largest absolute Gasteiger partial charge is 0.321 e. The summed E-state index contributed by atoms with van der Waals surface area (Å²) in [6.45, 7) is 1.62. The van der Waals surface area contributed by atoms with E-state index in [-0.39, 0.29) is 9.09 Å². The molecule has 2 aromatic rings. The first-order chi connectivity index (χ1) is 9.27. The second-order valence-electron chi connectivity index (χ2n) is 4.08. The van der Waals surface area contributed by atoms with Gasteiger partial charge in [0.15, 0.2) is 0 Å². The summed E-state index contributed by atoms with van der Waals surface area (Å²) in [6, 6.07) is 6.60. The van der Waals surface area contributed by atoms with E-state index < -0.39 is 21.7 Å². The number of hydrogen-bond donors (Lipinski definition) is 2. The van der Waals surface area contributed by atoms with Crippen molar-refractivity contribution in [2.75, 3.05) is 5.32 Å². The molecule has 0 fully saturated rings. The van der Waals surface area contributed by atoms with Crippen LogP contribution in [-0.4, -0.2) is 14.3 Å². The SMILES string of the molecule is Cc1cc(S(N)(=O)=O)sc1C(=O)Nc1ccc(F)cc1. The maximum absolute atomic E-state index is 12.8. The van der Waals surface area contributed by atoms with E-state index in [0.29, 0.717) is 11.3 Å². The van der Waals surface area contributed by atoms with Crippen LogP contribution >= 0.6 is 11.3 Å². The molecule has 2 rings (SSSR count). The average Bonchev–Trinajstić information content (AvgIpc) is 2.74. The molecule has 1 heterocycles. The number of anilines is 1. The Bertz CT molecular complexity index is 752. The summed E-state index contributed by atoms with van der Waals surface area (Å²) in [7, 11) is -3.83. The highest BCUT2D eigenvalue weighted by Gasteiger charge is 2.19. The van der Waals surface area contributed by atoms with Crippen LogP contribution in [0.25, 0.3) is 0 Å². The zero-order valence-corrected chi connectivity index (χ0v) is 12.0. The topological polar surface area (TPSA) is 89.3 Å². The molecule has 0 atom stereocenters.